The molecule has 0 aliphatic heterocycles. The summed E-state index contributed by atoms with van der Waals surface area (Å²) < 4.78 is 68.2. The van der Waals surface area contributed by atoms with Gasteiger partial charge in [0.25, 0.3) is 0 Å². The Labute approximate surface area is 537 Å². The highest BCUT2D eigenvalue weighted by Gasteiger charge is 2.30. The van der Waals surface area contributed by atoms with Gasteiger partial charge in [0.05, 0.1) is 26.4 Å². The molecule has 0 amide bonds. The molecule has 0 radical (unpaired) electrons. The van der Waals surface area contributed by atoms with E-state index in [4.69, 9.17) is 37.0 Å². The van der Waals surface area contributed by atoms with Crippen LogP contribution in [0.4, 0.5) is 0 Å². The van der Waals surface area contributed by atoms with Gasteiger partial charge < -0.3 is 33.8 Å². The summed E-state index contributed by atoms with van der Waals surface area (Å²) in [6, 6.07) is 0. The number of esters is 4. The fraction of sp³-hybridized carbons (Fsp3) is 0.942. The minimum Gasteiger partial charge on any atom is -0.462 e. The van der Waals surface area contributed by atoms with Crippen molar-refractivity contribution in [2.45, 2.75) is 362 Å². The van der Waals surface area contributed by atoms with Gasteiger partial charge in [-0.15, -0.1) is 0 Å². The first-order valence-electron chi connectivity index (χ1n) is 35.8. The maximum absolute atomic E-state index is 13.0. The molecule has 5 atom stereocenters. The first-order valence-corrected chi connectivity index (χ1v) is 38.8. The molecule has 0 spiro atoms. The lowest BCUT2D eigenvalue weighted by Crippen LogP contribution is -2.30. The first-order chi connectivity index (χ1) is 42.2. The van der Waals surface area contributed by atoms with Crippen LogP contribution in [0.15, 0.2) is 0 Å². The zero-order valence-corrected chi connectivity index (χ0v) is 59.0. The highest BCUT2D eigenvalue weighted by Crippen LogP contribution is 2.45. The fourth-order valence-corrected chi connectivity index (χ4v) is 11.9. The highest BCUT2D eigenvalue weighted by molar-refractivity contribution is 7.47. The summed E-state index contributed by atoms with van der Waals surface area (Å²) in [6.45, 7) is 11.8. The smallest absolute Gasteiger partial charge is 0.462 e. The van der Waals surface area contributed by atoms with Gasteiger partial charge in [-0.2, -0.15) is 0 Å². The summed E-state index contributed by atoms with van der Waals surface area (Å²) in [4.78, 5) is 72.5. The molecular formula is C69H134O17P2. The standard InChI is InChI=1S/C69H134O17P2/c1-8-9-10-11-12-13-16-20-29-36-43-50-66(71)79-56-65(86-69(74)53-46-39-32-25-23-28-35-42-49-62(6)7)59-84-88(77,78)82-55-63(70)54-81-87(75,76)83-58-64(57-80-67(72)51-44-37-30-24-22-27-34-41-48-61(4)5)85-68(73)52-45-38-31-21-18-15-14-17-19-26-33-40-47-60(2)3/h60-65,70H,8-59H2,1-7H3,(H,75,76)(H,77,78)/t63-,64-,65-/m1/s1. The van der Waals surface area contributed by atoms with E-state index in [9.17, 15) is 43.2 Å². The topological polar surface area (TPSA) is 237 Å². The maximum atomic E-state index is 13.0. The van der Waals surface area contributed by atoms with Gasteiger partial charge in [-0.25, -0.2) is 9.13 Å². The van der Waals surface area contributed by atoms with E-state index in [1.165, 1.54) is 154 Å². The molecule has 0 aromatic heterocycles. The Morgan fingerprint density at radius 2 is 0.523 bits per heavy atom. The van der Waals surface area contributed by atoms with Crippen molar-refractivity contribution in [2.75, 3.05) is 39.6 Å². The fourth-order valence-electron chi connectivity index (χ4n) is 10.4. The number of carbonyl (C=O) groups is 4. The Hall–Kier alpha value is -1.94. The Morgan fingerprint density at radius 1 is 0.307 bits per heavy atom. The summed E-state index contributed by atoms with van der Waals surface area (Å²) in [6.07, 6.45) is 43.0. The number of phosphoric ester groups is 2. The molecule has 0 saturated carbocycles. The molecule has 88 heavy (non-hydrogen) atoms. The Balaban J connectivity index is 5.25. The minimum absolute atomic E-state index is 0.104. The van der Waals surface area contributed by atoms with Gasteiger partial charge in [-0.05, 0) is 43.4 Å². The number of phosphoric acid groups is 2. The highest BCUT2D eigenvalue weighted by atomic mass is 31.2. The molecule has 0 aromatic rings. The average molecular weight is 1300 g/mol. The van der Waals surface area contributed by atoms with Crippen molar-refractivity contribution in [2.24, 2.45) is 17.8 Å². The maximum Gasteiger partial charge on any atom is 0.472 e. The van der Waals surface area contributed by atoms with Gasteiger partial charge in [0, 0.05) is 25.7 Å². The molecule has 0 aliphatic rings. The first kappa shape index (κ1) is 86.1. The number of carbonyl (C=O) groups excluding carboxylic acids is 4. The molecule has 0 saturated heterocycles. The molecule has 0 bridgehead atoms. The quantitative estimate of drug-likeness (QED) is 0.0222. The average Bonchev–Trinajstić information content (AvgIpc) is 3.66. The predicted octanol–water partition coefficient (Wildman–Crippen LogP) is 19.5. The third-order valence-electron chi connectivity index (χ3n) is 15.9. The lowest BCUT2D eigenvalue weighted by atomic mass is 10.0. The SMILES string of the molecule is CCCCCCCCCCCCCC(=O)OC[C@H](COP(=O)(O)OC[C@H](O)COP(=O)(O)OC[C@@H](COC(=O)CCCCCCCCCCC(C)C)OC(=O)CCCCCCCCCCCCCCC(C)C)OC(=O)CCCCCCCCCCC(C)C. The molecule has 19 heteroatoms. The zero-order chi connectivity index (χ0) is 65.2. The Kier molecular flexibility index (Phi) is 58.7. The van der Waals surface area contributed by atoms with Crippen LogP contribution in [0, 0.1) is 17.8 Å². The third-order valence-corrected chi connectivity index (χ3v) is 17.8. The summed E-state index contributed by atoms with van der Waals surface area (Å²) in [7, 11) is -9.90. The van der Waals surface area contributed by atoms with Crippen LogP contribution in [-0.2, 0) is 65.4 Å². The number of aliphatic hydroxyl groups excluding tert-OH is 1. The molecule has 17 nitrogen and oxygen atoms in total. The number of hydrogen-bond donors (Lipinski definition) is 3. The molecule has 3 N–H and O–H groups in total. The van der Waals surface area contributed by atoms with Crippen molar-refractivity contribution in [1.82, 2.24) is 0 Å². The van der Waals surface area contributed by atoms with Crippen molar-refractivity contribution in [3.63, 3.8) is 0 Å². The molecular weight excluding hydrogens is 1160 g/mol. The summed E-state index contributed by atoms with van der Waals surface area (Å²) in [5.74, 6) is 0.0924. The second kappa shape index (κ2) is 60.0. The van der Waals surface area contributed by atoms with Gasteiger partial charge in [0.2, 0.25) is 0 Å². The second-order valence-corrected chi connectivity index (χ2v) is 29.3. The van der Waals surface area contributed by atoms with Crippen LogP contribution in [0.25, 0.3) is 0 Å². The lowest BCUT2D eigenvalue weighted by Gasteiger charge is -2.21. The van der Waals surface area contributed by atoms with Gasteiger partial charge in [-0.1, -0.05) is 292 Å². The molecule has 0 aromatic carbocycles. The summed E-state index contributed by atoms with van der Waals surface area (Å²) >= 11 is 0. The lowest BCUT2D eigenvalue weighted by molar-refractivity contribution is -0.161. The normalized spacial score (nSPS) is 14.2. The van der Waals surface area contributed by atoms with Crippen LogP contribution in [0.2, 0.25) is 0 Å². The van der Waals surface area contributed by atoms with Gasteiger partial charge in [-0.3, -0.25) is 37.3 Å². The van der Waals surface area contributed by atoms with Gasteiger partial charge in [0.15, 0.2) is 12.2 Å². The number of hydrogen-bond acceptors (Lipinski definition) is 15. The van der Waals surface area contributed by atoms with E-state index < -0.39 is 97.5 Å². The predicted molar refractivity (Wildman–Crippen MR) is 354 cm³/mol. The van der Waals surface area contributed by atoms with Crippen molar-refractivity contribution in [3.8, 4) is 0 Å². The Morgan fingerprint density at radius 3 is 0.773 bits per heavy atom. The third kappa shape index (κ3) is 62.8. The van der Waals surface area contributed by atoms with Crippen LogP contribution >= 0.6 is 15.6 Å². The van der Waals surface area contributed by atoms with Gasteiger partial charge >= 0.3 is 39.5 Å². The van der Waals surface area contributed by atoms with Crippen molar-refractivity contribution in [3.05, 3.63) is 0 Å². The van der Waals surface area contributed by atoms with E-state index in [-0.39, 0.29) is 25.7 Å². The van der Waals surface area contributed by atoms with Crippen molar-refractivity contribution < 1.29 is 80.2 Å². The molecule has 0 rings (SSSR count). The zero-order valence-electron chi connectivity index (χ0n) is 57.2. The van der Waals surface area contributed by atoms with E-state index in [0.29, 0.717) is 25.7 Å². The molecule has 522 valence electrons. The number of aliphatic hydroxyl groups is 1. The molecule has 0 aliphatic carbocycles. The van der Waals surface area contributed by atoms with Crippen LogP contribution in [0.1, 0.15) is 344 Å². The second-order valence-electron chi connectivity index (χ2n) is 26.3. The van der Waals surface area contributed by atoms with Crippen LogP contribution in [-0.4, -0.2) is 96.7 Å². The molecule has 2 unspecified atom stereocenters. The van der Waals surface area contributed by atoms with Crippen LogP contribution in [0.5, 0.6) is 0 Å². The van der Waals surface area contributed by atoms with E-state index in [0.717, 1.165) is 108 Å². The Bertz CT molecular complexity index is 1730. The van der Waals surface area contributed by atoms with E-state index in [1.807, 2.05) is 0 Å². The van der Waals surface area contributed by atoms with E-state index in [1.54, 1.807) is 0 Å². The number of rotatable bonds is 67. The summed E-state index contributed by atoms with van der Waals surface area (Å²) in [5, 5.41) is 10.6. The minimum atomic E-state index is -4.95. The van der Waals surface area contributed by atoms with E-state index in [2.05, 4.69) is 48.5 Å². The number of unbranched alkanes of at least 4 members (excludes halogenated alkanes) is 35. The van der Waals surface area contributed by atoms with Gasteiger partial charge in [0.1, 0.15) is 19.3 Å². The van der Waals surface area contributed by atoms with Crippen LogP contribution < -0.4 is 0 Å². The summed E-state index contributed by atoms with van der Waals surface area (Å²) in [5.41, 5.74) is 0. The van der Waals surface area contributed by atoms with Crippen molar-refractivity contribution >= 4 is 39.5 Å². The number of ether oxygens (including phenoxy) is 4. The largest absolute Gasteiger partial charge is 0.472 e. The van der Waals surface area contributed by atoms with Crippen molar-refractivity contribution in [1.29, 1.82) is 0 Å². The van der Waals surface area contributed by atoms with Crippen LogP contribution in [0.3, 0.4) is 0 Å². The van der Waals surface area contributed by atoms with E-state index >= 15 is 0 Å². The molecule has 0 heterocycles. The molecule has 0 fully saturated rings. The monoisotopic (exact) mass is 1300 g/mol.